The summed E-state index contributed by atoms with van der Waals surface area (Å²) in [5.41, 5.74) is 2.11. The molecule has 1 heterocycles. The summed E-state index contributed by atoms with van der Waals surface area (Å²) < 4.78 is 0.983. The van der Waals surface area contributed by atoms with Gasteiger partial charge in [0, 0.05) is 5.56 Å². The van der Waals surface area contributed by atoms with Gasteiger partial charge >= 0.3 is 0 Å². The zero-order valence-electron chi connectivity index (χ0n) is 10.7. The van der Waals surface area contributed by atoms with Gasteiger partial charge in [-0.1, -0.05) is 45.0 Å². The Morgan fingerprint density at radius 2 is 1.67 bits per heavy atom. The third-order valence-electron chi connectivity index (χ3n) is 2.81. The van der Waals surface area contributed by atoms with Crippen molar-refractivity contribution >= 4 is 33.0 Å². The highest BCUT2D eigenvalue weighted by Crippen LogP contribution is 2.26. The molecule has 0 aliphatic rings. The van der Waals surface area contributed by atoms with E-state index in [0.29, 0.717) is 0 Å². The lowest BCUT2D eigenvalue weighted by atomic mass is 9.86. The first-order chi connectivity index (χ1) is 8.38. The topological polar surface area (TPSA) is 17.1 Å². The molecule has 3 heteroatoms. The number of hydrogen-bond donors (Lipinski definition) is 0. The number of benzene rings is 1. The van der Waals surface area contributed by atoms with Crippen molar-refractivity contribution in [2.24, 2.45) is 0 Å². The van der Waals surface area contributed by atoms with Crippen LogP contribution < -0.4 is 0 Å². The molecular formula is C15H15BrOS. The normalized spacial score (nSPS) is 11.6. The molecule has 0 fully saturated rings. The van der Waals surface area contributed by atoms with Crippen molar-refractivity contribution in [2.45, 2.75) is 26.2 Å². The van der Waals surface area contributed by atoms with Crippen LogP contribution in [0.2, 0.25) is 0 Å². The fourth-order valence-electron chi connectivity index (χ4n) is 1.70. The third-order valence-corrected chi connectivity index (χ3v) is 4.43. The van der Waals surface area contributed by atoms with E-state index in [9.17, 15) is 4.79 Å². The largest absolute Gasteiger partial charge is 0.288 e. The first kappa shape index (κ1) is 13.5. The predicted molar refractivity (Wildman–Crippen MR) is 80.6 cm³/mol. The van der Waals surface area contributed by atoms with Crippen molar-refractivity contribution in [3.8, 4) is 0 Å². The molecule has 1 nitrogen and oxygen atoms in total. The lowest BCUT2D eigenvalue weighted by molar-refractivity contribution is 0.104. The lowest BCUT2D eigenvalue weighted by Crippen LogP contribution is -2.11. The van der Waals surface area contributed by atoms with Crippen LogP contribution in [0.3, 0.4) is 0 Å². The van der Waals surface area contributed by atoms with E-state index in [1.165, 1.54) is 16.9 Å². The van der Waals surface area contributed by atoms with Gasteiger partial charge in [0.25, 0.3) is 0 Å². The molecule has 0 saturated carbocycles. The van der Waals surface area contributed by atoms with E-state index in [1.807, 2.05) is 36.4 Å². The fourth-order valence-corrected chi connectivity index (χ4v) is 3.05. The van der Waals surface area contributed by atoms with Crippen LogP contribution in [0.1, 0.15) is 41.6 Å². The molecule has 0 N–H and O–H groups in total. The van der Waals surface area contributed by atoms with Crippen molar-refractivity contribution in [1.29, 1.82) is 0 Å². The highest BCUT2D eigenvalue weighted by Gasteiger charge is 2.15. The Morgan fingerprint density at radius 1 is 1.06 bits per heavy atom. The van der Waals surface area contributed by atoms with Crippen molar-refractivity contribution in [3.63, 3.8) is 0 Å². The zero-order chi connectivity index (χ0) is 13.3. The fraction of sp³-hybridized carbons (Fsp3) is 0.267. The van der Waals surface area contributed by atoms with Gasteiger partial charge < -0.3 is 0 Å². The summed E-state index contributed by atoms with van der Waals surface area (Å²) >= 11 is 4.84. The van der Waals surface area contributed by atoms with E-state index in [2.05, 4.69) is 36.7 Å². The van der Waals surface area contributed by atoms with Crippen LogP contribution in [0.15, 0.2) is 40.2 Å². The van der Waals surface area contributed by atoms with Gasteiger partial charge in [0.15, 0.2) is 0 Å². The number of carbonyl (C=O) groups is 1. The Morgan fingerprint density at radius 3 is 2.11 bits per heavy atom. The molecule has 0 aliphatic heterocycles. The van der Waals surface area contributed by atoms with Crippen LogP contribution in [-0.2, 0) is 5.41 Å². The van der Waals surface area contributed by atoms with E-state index < -0.39 is 0 Å². The molecular weight excluding hydrogens is 308 g/mol. The summed E-state index contributed by atoms with van der Waals surface area (Å²) in [6, 6.07) is 11.7. The van der Waals surface area contributed by atoms with E-state index in [4.69, 9.17) is 0 Å². The van der Waals surface area contributed by atoms with Crippen LogP contribution in [0.25, 0.3) is 0 Å². The standard InChI is InChI=1S/C15H15BrOS/c1-15(2,3)11-6-4-10(5-7-11)14(17)12-8-9-13(16)18-12/h4-9H,1-3H3. The Labute approximate surface area is 120 Å². The molecule has 18 heavy (non-hydrogen) atoms. The van der Waals surface area contributed by atoms with Crippen molar-refractivity contribution in [2.75, 3.05) is 0 Å². The number of rotatable bonds is 2. The van der Waals surface area contributed by atoms with E-state index in [1.54, 1.807) is 0 Å². The van der Waals surface area contributed by atoms with Crippen molar-refractivity contribution in [3.05, 3.63) is 56.2 Å². The summed E-state index contributed by atoms with van der Waals surface area (Å²) in [7, 11) is 0. The number of halogens is 1. The molecule has 1 aromatic carbocycles. The molecule has 0 unspecified atom stereocenters. The second kappa shape index (κ2) is 4.98. The average Bonchev–Trinajstić information content (AvgIpc) is 2.74. The molecule has 0 spiro atoms. The van der Waals surface area contributed by atoms with E-state index >= 15 is 0 Å². The molecule has 94 valence electrons. The maximum absolute atomic E-state index is 12.2. The van der Waals surface area contributed by atoms with Gasteiger partial charge in [-0.15, -0.1) is 11.3 Å². The number of ketones is 1. The summed E-state index contributed by atoms with van der Waals surface area (Å²) in [6.45, 7) is 6.50. The van der Waals surface area contributed by atoms with Gasteiger partial charge in [0.2, 0.25) is 5.78 Å². The summed E-state index contributed by atoms with van der Waals surface area (Å²) in [4.78, 5) is 13.0. The van der Waals surface area contributed by atoms with Gasteiger partial charge in [-0.25, -0.2) is 0 Å². The Hall–Kier alpha value is -0.930. The van der Waals surface area contributed by atoms with Crippen LogP contribution in [-0.4, -0.2) is 5.78 Å². The first-order valence-corrected chi connectivity index (χ1v) is 7.39. The molecule has 0 amide bonds. The van der Waals surface area contributed by atoms with Gasteiger partial charge in [0.1, 0.15) is 0 Å². The molecule has 0 radical (unpaired) electrons. The SMILES string of the molecule is CC(C)(C)c1ccc(C(=O)c2ccc(Br)s2)cc1. The Bertz CT molecular complexity index is 561. The number of hydrogen-bond acceptors (Lipinski definition) is 2. The quantitative estimate of drug-likeness (QED) is 0.708. The smallest absolute Gasteiger partial charge is 0.202 e. The molecule has 0 aliphatic carbocycles. The minimum atomic E-state index is 0.0890. The van der Waals surface area contributed by atoms with Gasteiger partial charge in [-0.3, -0.25) is 4.79 Å². The Balaban J connectivity index is 2.28. The number of carbonyl (C=O) groups excluding carboxylic acids is 1. The van der Waals surface area contributed by atoms with Gasteiger partial charge in [-0.2, -0.15) is 0 Å². The molecule has 2 rings (SSSR count). The maximum atomic E-state index is 12.2. The zero-order valence-corrected chi connectivity index (χ0v) is 13.1. The highest BCUT2D eigenvalue weighted by molar-refractivity contribution is 9.11. The summed E-state index contributed by atoms with van der Waals surface area (Å²) in [5.74, 6) is 0.0890. The van der Waals surface area contributed by atoms with Crippen LogP contribution in [0, 0.1) is 0 Å². The second-order valence-electron chi connectivity index (χ2n) is 5.26. The minimum absolute atomic E-state index is 0.0890. The predicted octanol–water partition coefficient (Wildman–Crippen LogP) is 5.04. The molecule has 0 bridgehead atoms. The monoisotopic (exact) mass is 322 g/mol. The molecule has 0 saturated heterocycles. The lowest BCUT2D eigenvalue weighted by Gasteiger charge is -2.18. The summed E-state index contributed by atoms with van der Waals surface area (Å²) in [5, 5.41) is 0. The first-order valence-electron chi connectivity index (χ1n) is 5.78. The van der Waals surface area contributed by atoms with Crippen LogP contribution in [0.4, 0.5) is 0 Å². The molecule has 0 atom stereocenters. The molecule has 1 aromatic heterocycles. The minimum Gasteiger partial charge on any atom is -0.288 e. The number of thiophene rings is 1. The van der Waals surface area contributed by atoms with Crippen molar-refractivity contribution < 1.29 is 4.79 Å². The van der Waals surface area contributed by atoms with Crippen molar-refractivity contribution in [1.82, 2.24) is 0 Å². The second-order valence-corrected chi connectivity index (χ2v) is 7.72. The van der Waals surface area contributed by atoms with Crippen LogP contribution >= 0.6 is 27.3 Å². The van der Waals surface area contributed by atoms with E-state index in [-0.39, 0.29) is 11.2 Å². The van der Waals surface area contributed by atoms with Crippen LogP contribution in [0.5, 0.6) is 0 Å². The van der Waals surface area contributed by atoms with E-state index in [0.717, 1.165) is 14.2 Å². The highest BCUT2D eigenvalue weighted by atomic mass is 79.9. The van der Waals surface area contributed by atoms with Gasteiger partial charge in [-0.05, 0) is 39.0 Å². The maximum Gasteiger partial charge on any atom is 0.202 e. The molecule has 2 aromatic rings. The summed E-state index contributed by atoms with van der Waals surface area (Å²) in [6.07, 6.45) is 0. The van der Waals surface area contributed by atoms with Gasteiger partial charge in [0.05, 0.1) is 8.66 Å². The Kier molecular flexibility index (Phi) is 3.74. The third kappa shape index (κ3) is 2.90. The average molecular weight is 323 g/mol.